The summed E-state index contributed by atoms with van der Waals surface area (Å²) < 4.78 is 70.8. The first-order chi connectivity index (χ1) is 15.5. The molecule has 0 saturated heterocycles. The fourth-order valence-corrected chi connectivity index (χ4v) is 8.96. The Bertz CT molecular complexity index is 1370. The molecule has 11 heteroatoms. The minimum atomic E-state index is -3.84. The molecule has 0 saturated carbocycles. The van der Waals surface area contributed by atoms with E-state index in [0.29, 0.717) is 17.7 Å². The molecule has 0 radical (unpaired) electrons. The van der Waals surface area contributed by atoms with Crippen LogP contribution in [0.15, 0.2) is 87.5 Å². The van der Waals surface area contributed by atoms with Crippen LogP contribution in [0.25, 0.3) is 0 Å². The Hall–Kier alpha value is -2.25. The predicted molar refractivity (Wildman–Crippen MR) is 127 cm³/mol. The summed E-state index contributed by atoms with van der Waals surface area (Å²) in [4.78, 5) is 0.422. The fourth-order valence-electron chi connectivity index (χ4n) is 3.94. The average Bonchev–Trinajstić information content (AvgIpc) is 3.06. The molecule has 3 aromatic carbocycles. The van der Waals surface area contributed by atoms with Crippen molar-refractivity contribution in [1.29, 1.82) is 0 Å². The van der Waals surface area contributed by atoms with Crippen LogP contribution in [0.2, 0.25) is 0 Å². The van der Waals surface area contributed by atoms with E-state index in [0.717, 1.165) is 5.56 Å². The van der Waals surface area contributed by atoms with Gasteiger partial charge < -0.3 is 5.32 Å². The van der Waals surface area contributed by atoms with Crippen LogP contribution in [0.4, 0.5) is 0 Å². The molecule has 0 spiro atoms. The predicted octanol–water partition coefficient (Wildman–Crippen LogP) is 3.26. The van der Waals surface area contributed by atoms with Crippen molar-refractivity contribution in [3.63, 3.8) is 0 Å². The molecular weight excluding hydrogens is 484 g/mol. The normalized spacial score (nSPS) is 18.6. The molecule has 4 rings (SSSR count). The summed E-state index contributed by atoms with van der Waals surface area (Å²) in [5.41, 5.74) is 1.90. The van der Waals surface area contributed by atoms with Crippen molar-refractivity contribution in [3.8, 4) is 0 Å². The van der Waals surface area contributed by atoms with Gasteiger partial charge in [0.2, 0.25) is 10.0 Å². The number of nitrogens with two attached hydrogens (primary N) is 1. The molecule has 0 fully saturated rings. The maximum atomic E-state index is 13.4. The highest BCUT2D eigenvalue weighted by molar-refractivity contribution is 8.25. The highest BCUT2D eigenvalue weighted by atomic mass is 32.3. The number of hydrogen-bond acceptors (Lipinski definition) is 7. The van der Waals surface area contributed by atoms with E-state index in [4.69, 9.17) is 5.14 Å². The van der Waals surface area contributed by atoms with E-state index in [1.54, 1.807) is 48.5 Å². The van der Waals surface area contributed by atoms with Crippen LogP contribution in [0, 0.1) is 0 Å². The maximum absolute atomic E-state index is 13.4. The lowest BCUT2D eigenvalue weighted by Crippen LogP contribution is -2.19. The van der Waals surface area contributed by atoms with Gasteiger partial charge in [-0.05, 0) is 47.0 Å². The van der Waals surface area contributed by atoms with E-state index < -0.39 is 35.7 Å². The van der Waals surface area contributed by atoms with Gasteiger partial charge in [0.1, 0.15) is 5.25 Å². The third-order valence-electron chi connectivity index (χ3n) is 5.56. The summed E-state index contributed by atoms with van der Waals surface area (Å²) >= 11 is 0. The largest absolute Gasteiger partial charge is 0.309 e. The lowest BCUT2D eigenvalue weighted by atomic mass is 10.0. The van der Waals surface area contributed by atoms with Gasteiger partial charge in [0.05, 0.1) is 20.4 Å². The molecule has 33 heavy (non-hydrogen) atoms. The molecule has 1 aliphatic rings. The Labute approximate surface area is 194 Å². The highest BCUT2D eigenvalue weighted by Gasteiger charge is 2.44. The second-order valence-corrected chi connectivity index (χ2v) is 13.6. The first-order valence-electron chi connectivity index (χ1n) is 9.99. The number of fused-ring (bicyclic) bond motifs is 1. The molecule has 0 bridgehead atoms. The zero-order chi connectivity index (χ0) is 23.9. The molecule has 1 atom stereocenters. The van der Waals surface area contributed by atoms with E-state index in [9.17, 15) is 25.9 Å². The Balaban J connectivity index is 1.60. The van der Waals surface area contributed by atoms with Crippen molar-refractivity contribution >= 4 is 30.5 Å². The number of sulfonamides is 1. The van der Waals surface area contributed by atoms with Crippen molar-refractivity contribution in [2.45, 2.75) is 33.0 Å². The van der Waals surface area contributed by atoms with E-state index in [1.165, 1.54) is 24.3 Å². The third kappa shape index (κ3) is 4.85. The van der Waals surface area contributed by atoms with E-state index in [2.05, 4.69) is 5.32 Å². The Morgan fingerprint density at radius 3 is 2.15 bits per heavy atom. The zero-order valence-electron chi connectivity index (χ0n) is 17.5. The molecule has 0 aromatic heterocycles. The molecule has 1 unspecified atom stereocenters. The van der Waals surface area contributed by atoms with Crippen LogP contribution in [0.5, 0.6) is 0 Å². The molecule has 1 aliphatic heterocycles. The summed E-state index contributed by atoms with van der Waals surface area (Å²) in [6.45, 7) is 0.678. The summed E-state index contributed by atoms with van der Waals surface area (Å²) in [6, 6.07) is 19.1. The highest BCUT2D eigenvalue weighted by Crippen LogP contribution is 2.62. The summed E-state index contributed by atoms with van der Waals surface area (Å²) in [6.07, 6.45) is 0. The van der Waals surface area contributed by atoms with Gasteiger partial charge in [-0.2, -0.15) is 10.6 Å². The van der Waals surface area contributed by atoms with Crippen molar-refractivity contribution in [3.05, 3.63) is 89.5 Å². The number of rotatable bonds is 7. The van der Waals surface area contributed by atoms with Crippen molar-refractivity contribution in [2.24, 2.45) is 5.14 Å². The van der Waals surface area contributed by atoms with E-state index in [-0.39, 0.29) is 27.0 Å². The number of primary sulfonamides is 1. The maximum Gasteiger partial charge on any atom is 0.238 e. The van der Waals surface area contributed by atoms with E-state index >= 15 is 0 Å². The Kier molecular flexibility index (Phi) is 6.40. The van der Waals surface area contributed by atoms with Crippen LogP contribution in [0.1, 0.15) is 21.9 Å². The van der Waals surface area contributed by atoms with Crippen molar-refractivity contribution in [2.75, 3.05) is 5.75 Å². The quantitative estimate of drug-likeness (QED) is 0.383. The van der Waals surface area contributed by atoms with Crippen LogP contribution >= 0.6 is 10.6 Å². The van der Waals surface area contributed by atoms with Crippen LogP contribution in [0.3, 0.4) is 0 Å². The van der Waals surface area contributed by atoms with Gasteiger partial charge in [-0.1, -0.05) is 42.5 Å². The zero-order valence-corrected chi connectivity index (χ0v) is 19.9. The fraction of sp³-hybridized carbons (Fsp3) is 0.182. The lowest BCUT2D eigenvalue weighted by molar-refractivity contribution is 0.491. The monoisotopic (exact) mass is 508 g/mol. The number of sulfone groups is 1. The molecule has 8 nitrogen and oxygen atoms in total. The van der Waals surface area contributed by atoms with Crippen molar-refractivity contribution in [1.82, 2.24) is 5.32 Å². The van der Waals surface area contributed by atoms with Crippen molar-refractivity contribution < 1.29 is 25.9 Å². The molecule has 176 valence electrons. The van der Waals surface area contributed by atoms with Gasteiger partial charge in [0.15, 0.2) is 9.84 Å². The first kappa shape index (κ1) is 23.9. The van der Waals surface area contributed by atoms with Crippen LogP contribution in [-0.4, -0.2) is 31.7 Å². The summed E-state index contributed by atoms with van der Waals surface area (Å²) in [5.74, 6) is -0.272. The number of benzene rings is 3. The average molecular weight is 509 g/mol. The van der Waals surface area contributed by atoms with Crippen LogP contribution in [-0.2, 0) is 33.0 Å². The standard InChI is InChI=1S/C22H24N2O6S3/c23-33(29,30)19-11-9-16(10-12-19)13-24-14-17-5-4-8-20-22(17)21(15-31(20,25)26)32(27,28)18-6-2-1-3-7-18/h1-12,21,24-26H,13-15H2,(H2,23,29,30). The Morgan fingerprint density at radius 1 is 0.848 bits per heavy atom. The molecule has 0 amide bonds. The molecule has 1 heterocycles. The molecular formula is C22H24N2O6S3. The van der Waals surface area contributed by atoms with Gasteiger partial charge in [-0.25, -0.2) is 22.0 Å². The third-order valence-corrected chi connectivity index (χ3v) is 10.6. The molecule has 0 aliphatic carbocycles. The molecule has 5 N–H and O–H groups in total. The Morgan fingerprint density at radius 2 is 1.52 bits per heavy atom. The van der Waals surface area contributed by atoms with Gasteiger partial charge in [-0.15, -0.1) is 0 Å². The minimum absolute atomic E-state index is 0.0197. The van der Waals surface area contributed by atoms with Gasteiger partial charge in [-0.3, -0.25) is 9.11 Å². The minimum Gasteiger partial charge on any atom is -0.309 e. The van der Waals surface area contributed by atoms with Gasteiger partial charge >= 0.3 is 0 Å². The lowest BCUT2D eigenvalue weighted by Gasteiger charge is -2.27. The second-order valence-electron chi connectivity index (χ2n) is 7.80. The van der Waals surface area contributed by atoms with Gasteiger partial charge in [0, 0.05) is 13.1 Å². The SMILES string of the molecule is NS(=O)(=O)c1ccc(CNCc2cccc3c2C(S(=O)(=O)c2ccccc2)CS3(O)O)cc1. The van der Waals surface area contributed by atoms with Gasteiger partial charge in [0.25, 0.3) is 0 Å². The van der Waals surface area contributed by atoms with Crippen LogP contribution < -0.4 is 10.5 Å². The smallest absolute Gasteiger partial charge is 0.238 e. The topological polar surface area (TPSA) is 147 Å². The van der Waals surface area contributed by atoms with E-state index in [1.807, 2.05) is 0 Å². The number of hydrogen-bond donors (Lipinski definition) is 4. The number of nitrogens with one attached hydrogen (secondary N) is 1. The molecule has 3 aromatic rings. The first-order valence-corrected chi connectivity index (χ1v) is 14.8. The summed E-state index contributed by atoms with van der Waals surface area (Å²) in [5, 5.41) is 7.27. The second kappa shape index (κ2) is 8.84. The summed E-state index contributed by atoms with van der Waals surface area (Å²) in [7, 11) is -10.8.